The molecule has 8 nitrogen and oxygen atoms in total. The molecule has 4 rings (SSSR count). The second kappa shape index (κ2) is 7.77. The molecule has 8 heteroatoms. The van der Waals surface area contributed by atoms with Gasteiger partial charge in [-0.05, 0) is 25.3 Å². The molecule has 2 aliphatic heterocycles. The van der Waals surface area contributed by atoms with Crippen LogP contribution in [0.3, 0.4) is 0 Å². The number of rotatable bonds is 5. The number of anilines is 2. The minimum Gasteiger partial charge on any atom is -0.354 e. The van der Waals surface area contributed by atoms with Gasteiger partial charge in [0.2, 0.25) is 5.95 Å². The van der Waals surface area contributed by atoms with Gasteiger partial charge in [-0.15, -0.1) is 5.10 Å². The highest BCUT2D eigenvalue weighted by molar-refractivity contribution is 5.44. The molecule has 134 valence electrons. The summed E-state index contributed by atoms with van der Waals surface area (Å²) in [5.74, 6) is 1.96. The predicted octanol–water partition coefficient (Wildman–Crippen LogP) is 0.881. The third-order valence-electron chi connectivity index (χ3n) is 5.08. The van der Waals surface area contributed by atoms with E-state index in [1.807, 2.05) is 23.1 Å². The van der Waals surface area contributed by atoms with E-state index in [4.69, 9.17) is 4.98 Å². The molecule has 0 atom stereocenters. The molecule has 0 aromatic carbocycles. The van der Waals surface area contributed by atoms with Gasteiger partial charge >= 0.3 is 0 Å². The van der Waals surface area contributed by atoms with E-state index >= 15 is 0 Å². The van der Waals surface area contributed by atoms with Crippen LogP contribution in [-0.4, -0.2) is 75.7 Å². The van der Waals surface area contributed by atoms with E-state index in [2.05, 4.69) is 30.0 Å². The van der Waals surface area contributed by atoms with Crippen molar-refractivity contribution in [3.05, 3.63) is 24.7 Å². The van der Waals surface area contributed by atoms with Gasteiger partial charge in [0.05, 0.1) is 12.7 Å². The van der Waals surface area contributed by atoms with Gasteiger partial charge < -0.3 is 9.80 Å². The first-order chi connectivity index (χ1) is 12.4. The van der Waals surface area contributed by atoms with Crippen molar-refractivity contribution in [3.63, 3.8) is 0 Å². The maximum absolute atomic E-state index is 4.83. The van der Waals surface area contributed by atoms with E-state index in [1.165, 1.54) is 19.3 Å². The van der Waals surface area contributed by atoms with Crippen LogP contribution in [0.15, 0.2) is 24.7 Å². The van der Waals surface area contributed by atoms with Crippen LogP contribution in [0.2, 0.25) is 0 Å². The lowest BCUT2D eigenvalue weighted by Gasteiger charge is -2.35. The largest absolute Gasteiger partial charge is 0.354 e. The van der Waals surface area contributed by atoms with Gasteiger partial charge in [0.1, 0.15) is 5.82 Å². The molecule has 0 N–H and O–H groups in total. The van der Waals surface area contributed by atoms with E-state index < -0.39 is 0 Å². The monoisotopic (exact) mass is 342 g/mol. The number of hydrogen-bond acceptors (Lipinski definition) is 7. The lowest BCUT2D eigenvalue weighted by atomic mass is 10.1. The SMILES string of the molecule is c1cn(CCN2CCN(c3ccnc(N4CCCCC4)n3)CC2)nn1. The molecule has 0 amide bonds. The highest BCUT2D eigenvalue weighted by Crippen LogP contribution is 2.19. The van der Waals surface area contributed by atoms with E-state index in [-0.39, 0.29) is 0 Å². The summed E-state index contributed by atoms with van der Waals surface area (Å²) in [5, 5.41) is 7.88. The Balaban J connectivity index is 1.31. The predicted molar refractivity (Wildman–Crippen MR) is 96.8 cm³/mol. The Hall–Kier alpha value is -2.22. The molecule has 0 radical (unpaired) electrons. The van der Waals surface area contributed by atoms with Crippen molar-refractivity contribution in [1.82, 2.24) is 29.9 Å². The van der Waals surface area contributed by atoms with E-state index in [0.717, 1.165) is 64.1 Å². The zero-order chi connectivity index (χ0) is 16.9. The summed E-state index contributed by atoms with van der Waals surface area (Å²) in [6.45, 7) is 8.20. The number of aromatic nitrogens is 5. The molecule has 0 aliphatic carbocycles. The van der Waals surface area contributed by atoms with Crippen LogP contribution in [0, 0.1) is 0 Å². The highest BCUT2D eigenvalue weighted by Gasteiger charge is 2.20. The van der Waals surface area contributed by atoms with Crippen molar-refractivity contribution >= 4 is 11.8 Å². The van der Waals surface area contributed by atoms with Crippen molar-refractivity contribution in [2.75, 3.05) is 55.6 Å². The first-order valence-electron chi connectivity index (χ1n) is 9.28. The second-order valence-corrected chi connectivity index (χ2v) is 6.76. The molecule has 0 spiro atoms. The Bertz CT molecular complexity index is 644. The smallest absolute Gasteiger partial charge is 0.227 e. The fraction of sp³-hybridized carbons (Fsp3) is 0.647. The lowest BCUT2D eigenvalue weighted by Crippen LogP contribution is -2.47. The molecule has 2 aromatic rings. The van der Waals surface area contributed by atoms with Crippen LogP contribution in [0.5, 0.6) is 0 Å². The molecule has 0 bridgehead atoms. The molecule has 25 heavy (non-hydrogen) atoms. The van der Waals surface area contributed by atoms with E-state index in [0.29, 0.717) is 0 Å². The normalized spacial score (nSPS) is 19.4. The molecular formula is C17H26N8. The molecular weight excluding hydrogens is 316 g/mol. The van der Waals surface area contributed by atoms with Gasteiger partial charge in [-0.25, -0.2) is 4.98 Å². The number of piperazine rings is 1. The average molecular weight is 342 g/mol. The molecule has 0 saturated carbocycles. The van der Waals surface area contributed by atoms with E-state index in [9.17, 15) is 0 Å². The summed E-state index contributed by atoms with van der Waals surface area (Å²) in [7, 11) is 0. The molecule has 4 heterocycles. The molecule has 2 saturated heterocycles. The van der Waals surface area contributed by atoms with Gasteiger partial charge in [0.25, 0.3) is 0 Å². The van der Waals surface area contributed by atoms with Crippen LogP contribution in [0.1, 0.15) is 19.3 Å². The van der Waals surface area contributed by atoms with Gasteiger partial charge in [-0.2, -0.15) is 4.98 Å². The van der Waals surface area contributed by atoms with Crippen molar-refractivity contribution in [2.45, 2.75) is 25.8 Å². The number of piperidine rings is 1. The zero-order valence-electron chi connectivity index (χ0n) is 14.7. The maximum Gasteiger partial charge on any atom is 0.227 e. The summed E-state index contributed by atoms with van der Waals surface area (Å²) in [4.78, 5) is 16.5. The molecule has 2 fully saturated rings. The van der Waals surface area contributed by atoms with Crippen LogP contribution < -0.4 is 9.80 Å². The van der Waals surface area contributed by atoms with Crippen LogP contribution >= 0.6 is 0 Å². The van der Waals surface area contributed by atoms with Gasteiger partial charge in [0, 0.05) is 58.2 Å². The van der Waals surface area contributed by atoms with E-state index in [1.54, 1.807) is 6.20 Å². The fourth-order valence-corrected chi connectivity index (χ4v) is 3.56. The zero-order valence-corrected chi connectivity index (χ0v) is 14.7. The summed E-state index contributed by atoms with van der Waals surface area (Å²) < 4.78 is 1.89. The van der Waals surface area contributed by atoms with Crippen molar-refractivity contribution in [1.29, 1.82) is 0 Å². The summed E-state index contributed by atoms with van der Waals surface area (Å²) >= 11 is 0. The summed E-state index contributed by atoms with van der Waals surface area (Å²) in [6.07, 6.45) is 9.37. The Labute approximate surface area is 148 Å². The quantitative estimate of drug-likeness (QED) is 0.799. The second-order valence-electron chi connectivity index (χ2n) is 6.76. The van der Waals surface area contributed by atoms with Crippen LogP contribution in [0.4, 0.5) is 11.8 Å². The topological polar surface area (TPSA) is 66.2 Å². The highest BCUT2D eigenvalue weighted by atomic mass is 15.4. The molecule has 2 aliphatic rings. The molecule has 2 aromatic heterocycles. The van der Waals surface area contributed by atoms with Gasteiger partial charge in [-0.1, -0.05) is 5.21 Å². The first kappa shape index (κ1) is 16.3. The third kappa shape index (κ3) is 4.07. The van der Waals surface area contributed by atoms with Crippen molar-refractivity contribution in [3.8, 4) is 0 Å². The minimum absolute atomic E-state index is 0.894. The van der Waals surface area contributed by atoms with Gasteiger partial charge in [0.15, 0.2) is 0 Å². The maximum atomic E-state index is 4.83. The minimum atomic E-state index is 0.894. The van der Waals surface area contributed by atoms with Crippen molar-refractivity contribution in [2.24, 2.45) is 0 Å². The summed E-state index contributed by atoms with van der Waals surface area (Å²) in [5.41, 5.74) is 0. The Morgan fingerprint density at radius 3 is 2.44 bits per heavy atom. The Kier molecular flexibility index (Phi) is 5.06. The van der Waals surface area contributed by atoms with Gasteiger partial charge in [-0.3, -0.25) is 9.58 Å². The third-order valence-corrected chi connectivity index (χ3v) is 5.08. The molecule has 0 unspecified atom stereocenters. The Morgan fingerprint density at radius 1 is 0.840 bits per heavy atom. The van der Waals surface area contributed by atoms with Crippen molar-refractivity contribution < 1.29 is 0 Å². The lowest BCUT2D eigenvalue weighted by molar-refractivity contribution is 0.243. The standard InChI is InChI=1S/C17H26N8/c1-2-7-24(8-3-1)17-18-5-4-16(20-17)23-13-10-22(11-14-23)12-15-25-9-6-19-21-25/h4-6,9H,1-3,7-8,10-15H2. The van der Waals surface area contributed by atoms with Crippen LogP contribution in [0.25, 0.3) is 0 Å². The summed E-state index contributed by atoms with van der Waals surface area (Å²) in [6, 6.07) is 2.04. The number of hydrogen-bond donors (Lipinski definition) is 0. The van der Waals surface area contributed by atoms with Crippen LogP contribution in [-0.2, 0) is 6.54 Å². The average Bonchev–Trinajstić information content (AvgIpc) is 3.21. The first-order valence-corrected chi connectivity index (χ1v) is 9.28. The Morgan fingerprint density at radius 2 is 1.68 bits per heavy atom. The number of nitrogens with zero attached hydrogens (tertiary/aromatic N) is 8. The fourth-order valence-electron chi connectivity index (χ4n) is 3.56.